The molecule has 0 radical (unpaired) electrons. The predicted octanol–water partition coefficient (Wildman–Crippen LogP) is 4.77. The highest BCUT2D eigenvalue weighted by molar-refractivity contribution is 5.81. The number of hydrogen-bond acceptors (Lipinski definition) is 3. The number of aliphatic hydroxyl groups is 1. The van der Waals surface area contributed by atoms with Crippen molar-refractivity contribution in [3.63, 3.8) is 0 Å². The molecule has 0 bridgehead atoms. The summed E-state index contributed by atoms with van der Waals surface area (Å²) in [6.45, 7) is 2.09. The average molecular weight is 437 g/mol. The van der Waals surface area contributed by atoms with Crippen LogP contribution in [0.15, 0.2) is 64.8 Å². The molecule has 3 rings (SSSR count). The molecule has 0 aromatic heterocycles. The van der Waals surface area contributed by atoms with E-state index in [1.54, 1.807) is 37.3 Å². The van der Waals surface area contributed by atoms with E-state index in [2.05, 4.69) is 0 Å². The van der Waals surface area contributed by atoms with E-state index in [0.717, 1.165) is 11.6 Å². The number of methoxy groups -OCH3 is 1. The van der Waals surface area contributed by atoms with Crippen LogP contribution in [0.2, 0.25) is 0 Å². The molecule has 8 heteroatoms. The lowest BCUT2D eigenvalue weighted by molar-refractivity contribution is -0.237. The van der Waals surface area contributed by atoms with Crippen LogP contribution in [0.25, 0.3) is 0 Å². The van der Waals surface area contributed by atoms with Gasteiger partial charge in [0, 0.05) is 17.8 Å². The number of likely N-dealkylation sites (tertiary alicyclic amines) is 1. The van der Waals surface area contributed by atoms with Gasteiger partial charge in [0.2, 0.25) is 5.91 Å². The predicted molar refractivity (Wildman–Crippen MR) is 107 cm³/mol. The summed E-state index contributed by atoms with van der Waals surface area (Å²) in [4.78, 5) is 14.6. The summed E-state index contributed by atoms with van der Waals surface area (Å²) in [7, 11) is 1.53. The maximum Gasteiger partial charge on any atom is 0.429 e. The zero-order valence-corrected chi connectivity index (χ0v) is 17.2. The highest BCUT2D eigenvalue weighted by Gasteiger charge is 2.63. The van der Waals surface area contributed by atoms with Gasteiger partial charge in [-0.15, -0.1) is 0 Å². The summed E-state index contributed by atoms with van der Waals surface area (Å²) in [5, 5.41) is 9.86. The normalized spacial score (nSPS) is 24.4. The smallest absolute Gasteiger partial charge is 0.429 e. The van der Waals surface area contributed by atoms with E-state index >= 15 is 0 Å². The molecule has 1 fully saturated rings. The molecule has 2 aliphatic rings. The minimum atomic E-state index is -5.20. The maximum atomic E-state index is 13.5. The van der Waals surface area contributed by atoms with E-state index in [9.17, 15) is 27.5 Å². The van der Waals surface area contributed by atoms with Gasteiger partial charge in [0.25, 0.3) is 5.60 Å². The van der Waals surface area contributed by atoms with E-state index in [0.29, 0.717) is 42.8 Å². The first kappa shape index (κ1) is 22.8. The number of alkyl halides is 3. The van der Waals surface area contributed by atoms with Gasteiger partial charge in [-0.2, -0.15) is 17.6 Å². The van der Waals surface area contributed by atoms with Crippen LogP contribution in [0.5, 0.6) is 5.75 Å². The Bertz CT molecular complexity index is 1000. The summed E-state index contributed by atoms with van der Waals surface area (Å²) < 4.78 is 58.4. The fourth-order valence-corrected chi connectivity index (χ4v) is 3.75. The topological polar surface area (TPSA) is 49.8 Å². The zero-order chi connectivity index (χ0) is 22.8. The van der Waals surface area contributed by atoms with Crippen molar-refractivity contribution in [1.82, 2.24) is 4.90 Å². The fraction of sp³-hybridized carbons (Fsp3) is 0.391. The summed E-state index contributed by atoms with van der Waals surface area (Å²) in [6.07, 6.45) is -0.677. The Morgan fingerprint density at radius 3 is 2.71 bits per heavy atom. The molecule has 1 amide bonds. The first-order chi connectivity index (χ1) is 14.6. The van der Waals surface area contributed by atoms with Crippen LogP contribution >= 0.6 is 0 Å². The monoisotopic (exact) mass is 437 g/mol. The van der Waals surface area contributed by atoms with Gasteiger partial charge in [0.15, 0.2) is 5.83 Å². The van der Waals surface area contributed by atoms with Crippen molar-refractivity contribution in [3.8, 4) is 5.75 Å². The van der Waals surface area contributed by atoms with Crippen molar-refractivity contribution in [3.05, 3.63) is 70.4 Å². The third-order valence-electron chi connectivity index (χ3n) is 5.44. The molecule has 1 aliphatic carbocycles. The van der Waals surface area contributed by atoms with Crippen LogP contribution in [0.3, 0.4) is 0 Å². The van der Waals surface area contributed by atoms with Gasteiger partial charge in [-0.25, -0.2) is 0 Å². The van der Waals surface area contributed by atoms with E-state index < -0.39 is 23.2 Å². The number of halogens is 4. The van der Waals surface area contributed by atoms with E-state index in [1.165, 1.54) is 12.0 Å². The number of rotatable bonds is 4. The van der Waals surface area contributed by atoms with E-state index in [1.807, 2.05) is 5.73 Å². The van der Waals surface area contributed by atoms with Crippen LogP contribution in [0.4, 0.5) is 17.6 Å². The van der Waals surface area contributed by atoms with Crippen LogP contribution < -0.4 is 4.74 Å². The number of carbonyl (C=O) groups is 1. The molecule has 1 saturated heterocycles. The second-order valence-electron chi connectivity index (χ2n) is 7.44. The Morgan fingerprint density at radius 2 is 2.10 bits per heavy atom. The second kappa shape index (κ2) is 8.73. The van der Waals surface area contributed by atoms with Crippen molar-refractivity contribution < 1.29 is 32.2 Å². The Balaban J connectivity index is 1.90. The van der Waals surface area contributed by atoms with Gasteiger partial charge in [0.1, 0.15) is 5.75 Å². The molecule has 1 N–H and O–H groups in total. The molecule has 1 aliphatic heterocycles. The second-order valence-corrected chi connectivity index (χ2v) is 7.44. The molecular weight excluding hydrogens is 414 g/mol. The Hall–Kier alpha value is -2.83. The highest BCUT2D eigenvalue weighted by atomic mass is 19.4. The minimum absolute atomic E-state index is 0.0888. The number of benzene rings is 1. The number of hydrogen-bond donors (Lipinski definition) is 1. The van der Waals surface area contributed by atoms with Crippen LogP contribution in [0, 0.1) is 0 Å². The van der Waals surface area contributed by atoms with Gasteiger partial charge in [-0.3, -0.25) is 4.79 Å². The SMILES string of the molecule is C/C=C1\C(=C/C2=C=C(F)C2(O)C(F)(F)F)CCCCN1C(=O)Cc1cccc(OC)c1. The largest absolute Gasteiger partial charge is 0.497 e. The van der Waals surface area contributed by atoms with Gasteiger partial charge in [-0.1, -0.05) is 23.9 Å². The summed E-state index contributed by atoms with van der Waals surface area (Å²) >= 11 is 0. The molecule has 0 spiro atoms. The van der Waals surface area contributed by atoms with Crippen LogP contribution in [0.1, 0.15) is 31.7 Å². The fourth-order valence-electron chi connectivity index (χ4n) is 3.75. The van der Waals surface area contributed by atoms with Crippen molar-refractivity contribution in [2.24, 2.45) is 0 Å². The quantitative estimate of drug-likeness (QED) is 0.546. The molecule has 1 aromatic carbocycles. The Morgan fingerprint density at radius 1 is 1.35 bits per heavy atom. The highest BCUT2D eigenvalue weighted by Crippen LogP contribution is 2.47. The summed E-state index contributed by atoms with van der Waals surface area (Å²) in [5.74, 6) is -1.36. The number of allylic oxidation sites excluding steroid dienone is 2. The number of nitrogens with zero attached hydrogens (tertiary/aromatic N) is 1. The molecule has 1 heterocycles. The molecular formula is C23H23F4NO3. The molecule has 1 unspecified atom stereocenters. The van der Waals surface area contributed by atoms with Crippen LogP contribution in [-0.2, 0) is 11.2 Å². The van der Waals surface area contributed by atoms with Crippen molar-refractivity contribution in [1.29, 1.82) is 0 Å². The van der Waals surface area contributed by atoms with Gasteiger partial charge < -0.3 is 14.7 Å². The lowest BCUT2D eigenvalue weighted by Gasteiger charge is -2.33. The lowest BCUT2D eigenvalue weighted by atomic mass is 9.82. The van der Waals surface area contributed by atoms with Crippen molar-refractivity contribution in [2.45, 2.75) is 44.4 Å². The van der Waals surface area contributed by atoms with Gasteiger partial charge in [0.05, 0.1) is 13.5 Å². The number of amides is 1. The first-order valence-electron chi connectivity index (χ1n) is 9.88. The molecule has 1 atom stereocenters. The molecule has 0 saturated carbocycles. The van der Waals surface area contributed by atoms with Crippen LogP contribution in [-0.4, -0.2) is 41.3 Å². The molecule has 166 valence electrons. The van der Waals surface area contributed by atoms with E-state index in [-0.39, 0.29) is 12.3 Å². The standard InChI is InChI=1S/C23H23F4NO3/c1-3-19-16(13-17-14-20(24)22(17,30)23(25,26)27)8-4-5-10-28(19)21(29)12-15-7-6-9-18(11-15)31-2/h3,6-7,9,11,13,30H,4-5,8,10,12H2,1-2H3/b16-13-,19-3+. The summed E-state index contributed by atoms with van der Waals surface area (Å²) in [5.41, 5.74) is -0.788. The Labute approximate surface area is 177 Å². The average Bonchev–Trinajstić information content (AvgIpc) is 2.94. The first-order valence-corrected chi connectivity index (χ1v) is 9.88. The van der Waals surface area contributed by atoms with Gasteiger partial charge in [-0.05, 0) is 55.5 Å². The third-order valence-corrected chi connectivity index (χ3v) is 5.44. The number of carbonyl (C=O) groups excluding carboxylic acids is 1. The zero-order valence-electron chi connectivity index (χ0n) is 17.2. The van der Waals surface area contributed by atoms with Gasteiger partial charge >= 0.3 is 6.18 Å². The lowest BCUT2D eigenvalue weighted by Crippen LogP contribution is -2.50. The maximum absolute atomic E-state index is 13.5. The van der Waals surface area contributed by atoms with E-state index in [4.69, 9.17) is 4.74 Å². The molecule has 31 heavy (non-hydrogen) atoms. The molecule has 1 aromatic rings. The minimum Gasteiger partial charge on any atom is -0.497 e. The van der Waals surface area contributed by atoms with Crippen molar-refractivity contribution in [2.75, 3.05) is 13.7 Å². The third kappa shape index (κ3) is 4.31. The molecule has 4 nitrogen and oxygen atoms in total. The number of ether oxygens (including phenoxy) is 1. The Kier molecular flexibility index (Phi) is 6.43. The summed E-state index contributed by atoms with van der Waals surface area (Å²) in [6, 6.07) is 7.07. The van der Waals surface area contributed by atoms with Crippen molar-refractivity contribution >= 4 is 5.91 Å².